The Kier molecular flexibility index (Phi) is 6.81. The quantitative estimate of drug-likeness (QED) is 0.282. The van der Waals surface area contributed by atoms with Crippen LogP contribution in [0.5, 0.6) is 11.6 Å². The molecule has 1 aliphatic heterocycles. The third kappa shape index (κ3) is 4.84. The zero-order valence-electron chi connectivity index (χ0n) is 22.1. The first-order valence-corrected chi connectivity index (χ1v) is 14.0. The van der Waals surface area contributed by atoms with E-state index in [-0.39, 0.29) is 23.9 Å². The number of aromatic nitrogens is 2. The van der Waals surface area contributed by atoms with Crippen molar-refractivity contribution in [2.45, 2.75) is 51.6 Å². The normalized spacial score (nSPS) is 18.2. The molecule has 0 unspecified atom stereocenters. The first-order chi connectivity index (χ1) is 19.4. The molecule has 4 heterocycles. The van der Waals surface area contributed by atoms with Crippen LogP contribution < -0.4 is 25.6 Å². The van der Waals surface area contributed by atoms with Crippen molar-refractivity contribution in [2.24, 2.45) is 0 Å². The summed E-state index contributed by atoms with van der Waals surface area (Å²) >= 11 is 1.23. The van der Waals surface area contributed by atoms with Gasteiger partial charge in [-0.05, 0) is 44.0 Å². The highest BCUT2D eigenvalue weighted by Gasteiger charge is 2.35. The second kappa shape index (κ2) is 10.6. The molecule has 6 rings (SSSR count). The fourth-order valence-electron chi connectivity index (χ4n) is 5.39. The van der Waals surface area contributed by atoms with Gasteiger partial charge in [0.2, 0.25) is 11.8 Å². The molecule has 10 nitrogen and oxygen atoms in total. The number of hydrogen-bond donors (Lipinski definition) is 3. The number of hydrogen-bond acceptors (Lipinski definition) is 7. The SMILES string of the molecule is CC(=O)N[C@@H]1CCCC[C@H]1NC(=O)c1sc2nccc3c2c1NC(=O)N3c1ccc(Oc2ccccc2)nc1C. The molecule has 4 aromatic rings. The molecule has 11 heteroatoms. The smallest absolute Gasteiger partial charge is 0.331 e. The number of rotatable bonds is 6. The molecular weight excluding hydrogens is 528 g/mol. The van der Waals surface area contributed by atoms with Crippen LogP contribution in [0.4, 0.5) is 21.9 Å². The third-order valence-electron chi connectivity index (χ3n) is 7.16. The van der Waals surface area contributed by atoms with E-state index in [1.54, 1.807) is 29.3 Å². The molecule has 2 aliphatic rings. The largest absolute Gasteiger partial charge is 0.439 e. The van der Waals surface area contributed by atoms with Gasteiger partial charge < -0.3 is 20.7 Å². The predicted molar refractivity (Wildman–Crippen MR) is 154 cm³/mol. The average molecular weight is 557 g/mol. The summed E-state index contributed by atoms with van der Waals surface area (Å²) in [5.41, 5.74) is 2.26. The van der Waals surface area contributed by atoms with Crippen LogP contribution in [0.1, 0.15) is 48.0 Å². The Morgan fingerprint density at radius 2 is 1.77 bits per heavy atom. The highest BCUT2D eigenvalue weighted by Crippen LogP contribution is 2.46. The first kappa shape index (κ1) is 25.8. The van der Waals surface area contributed by atoms with Gasteiger partial charge in [-0.15, -0.1) is 11.3 Å². The van der Waals surface area contributed by atoms with Crippen molar-refractivity contribution in [3.05, 3.63) is 65.3 Å². The van der Waals surface area contributed by atoms with Crippen LogP contribution in [0.3, 0.4) is 0 Å². The number of aryl methyl sites for hydroxylation is 1. The fourth-order valence-corrected chi connectivity index (χ4v) is 6.41. The van der Waals surface area contributed by atoms with E-state index in [1.165, 1.54) is 18.3 Å². The van der Waals surface area contributed by atoms with Gasteiger partial charge in [-0.3, -0.25) is 14.5 Å². The molecule has 0 spiro atoms. The summed E-state index contributed by atoms with van der Waals surface area (Å²) < 4.78 is 5.86. The molecule has 0 radical (unpaired) electrons. The summed E-state index contributed by atoms with van der Waals surface area (Å²) in [4.78, 5) is 50.4. The molecule has 2 atom stereocenters. The van der Waals surface area contributed by atoms with E-state index >= 15 is 0 Å². The van der Waals surface area contributed by atoms with Crippen LogP contribution in [0.25, 0.3) is 10.2 Å². The molecule has 40 heavy (non-hydrogen) atoms. The lowest BCUT2D eigenvalue weighted by atomic mass is 9.90. The van der Waals surface area contributed by atoms with Gasteiger partial charge in [-0.25, -0.2) is 14.8 Å². The Hall–Kier alpha value is -4.51. The van der Waals surface area contributed by atoms with Gasteiger partial charge in [-0.2, -0.15) is 0 Å². The maximum Gasteiger partial charge on any atom is 0.331 e. The predicted octanol–water partition coefficient (Wildman–Crippen LogP) is 5.65. The minimum atomic E-state index is -0.400. The van der Waals surface area contributed by atoms with Gasteiger partial charge in [0, 0.05) is 31.3 Å². The van der Waals surface area contributed by atoms with Crippen molar-refractivity contribution in [3.63, 3.8) is 0 Å². The topological polar surface area (TPSA) is 126 Å². The van der Waals surface area contributed by atoms with Crippen LogP contribution in [-0.4, -0.2) is 39.9 Å². The molecule has 3 N–H and O–H groups in total. The number of carbonyl (C=O) groups excluding carboxylic acids is 3. The second-order valence-electron chi connectivity index (χ2n) is 9.92. The molecule has 1 fully saturated rings. The van der Waals surface area contributed by atoms with Crippen molar-refractivity contribution >= 4 is 56.5 Å². The van der Waals surface area contributed by atoms with E-state index in [1.807, 2.05) is 37.3 Å². The number of nitrogens with one attached hydrogen (secondary N) is 3. The summed E-state index contributed by atoms with van der Waals surface area (Å²) in [6, 6.07) is 13.9. The van der Waals surface area contributed by atoms with E-state index < -0.39 is 6.03 Å². The molecule has 1 aliphatic carbocycles. The monoisotopic (exact) mass is 556 g/mol. The molecule has 4 amide bonds. The van der Waals surface area contributed by atoms with Crippen LogP contribution in [0.15, 0.2) is 54.7 Å². The maximum atomic E-state index is 13.5. The van der Waals surface area contributed by atoms with Crippen molar-refractivity contribution in [3.8, 4) is 11.6 Å². The van der Waals surface area contributed by atoms with E-state index in [9.17, 15) is 14.4 Å². The number of carbonyl (C=O) groups is 3. The molecule has 1 saturated carbocycles. The molecular formula is C29H28N6O4S. The van der Waals surface area contributed by atoms with E-state index in [2.05, 4.69) is 25.9 Å². The zero-order valence-corrected chi connectivity index (χ0v) is 22.9. The minimum absolute atomic E-state index is 0.117. The number of thiophene rings is 1. The number of para-hydroxylation sites is 1. The maximum absolute atomic E-state index is 13.5. The summed E-state index contributed by atoms with van der Waals surface area (Å²) in [5, 5.41) is 9.70. The zero-order chi connectivity index (χ0) is 27.8. The van der Waals surface area contributed by atoms with Gasteiger partial charge in [0.15, 0.2) is 0 Å². The average Bonchev–Trinajstić information content (AvgIpc) is 3.30. The van der Waals surface area contributed by atoms with Crippen LogP contribution >= 0.6 is 11.3 Å². The van der Waals surface area contributed by atoms with Crippen LogP contribution in [0.2, 0.25) is 0 Å². The fraction of sp³-hybridized carbons (Fsp3) is 0.276. The summed E-state index contributed by atoms with van der Waals surface area (Å²) in [6.45, 7) is 3.30. The number of pyridine rings is 2. The molecule has 3 aromatic heterocycles. The lowest BCUT2D eigenvalue weighted by Crippen LogP contribution is -2.52. The van der Waals surface area contributed by atoms with Gasteiger partial charge in [0.1, 0.15) is 15.5 Å². The van der Waals surface area contributed by atoms with Crippen LogP contribution in [-0.2, 0) is 4.79 Å². The van der Waals surface area contributed by atoms with Crippen molar-refractivity contribution in [1.82, 2.24) is 20.6 Å². The Labute approximate surface area is 234 Å². The highest BCUT2D eigenvalue weighted by molar-refractivity contribution is 7.21. The molecule has 0 saturated heterocycles. The number of amides is 4. The number of nitrogens with zero attached hydrogens (tertiary/aromatic N) is 3. The summed E-state index contributed by atoms with van der Waals surface area (Å²) in [5.74, 6) is 0.674. The lowest BCUT2D eigenvalue weighted by Gasteiger charge is -2.32. The second-order valence-corrected chi connectivity index (χ2v) is 10.9. The Balaban J connectivity index is 1.31. The number of benzene rings is 1. The van der Waals surface area contributed by atoms with E-state index in [4.69, 9.17) is 4.74 Å². The van der Waals surface area contributed by atoms with Gasteiger partial charge in [-0.1, -0.05) is 31.0 Å². The van der Waals surface area contributed by atoms with E-state index in [0.717, 1.165) is 25.7 Å². The van der Waals surface area contributed by atoms with Crippen molar-refractivity contribution < 1.29 is 19.1 Å². The number of urea groups is 1. The third-order valence-corrected chi connectivity index (χ3v) is 8.26. The van der Waals surface area contributed by atoms with E-state index in [0.29, 0.717) is 49.5 Å². The lowest BCUT2D eigenvalue weighted by molar-refractivity contribution is -0.120. The Morgan fingerprint density at radius 3 is 2.50 bits per heavy atom. The Morgan fingerprint density at radius 1 is 1.02 bits per heavy atom. The van der Waals surface area contributed by atoms with Gasteiger partial charge >= 0.3 is 6.03 Å². The Bertz CT molecular complexity index is 1620. The minimum Gasteiger partial charge on any atom is -0.439 e. The van der Waals surface area contributed by atoms with Gasteiger partial charge in [0.05, 0.1) is 28.1 Å². The first-order valence-electron chi connectivity index (χ1n) is 13.2. The highest BCUT2D eigenvalue weighted by atomic mass is 32.1. The standard InChI is InChI=1S/C29H28N6O4S/c1-16-21(12-13-23(31-16)39-18-8-4-3-5-9-18)35-22-14-15-30-28-24(22)25(34-29(35)38)26(40-28)27(37)33-20-11-7-6-10-19(20)32-17(2)36/h3-5,8-9,12-15,19-20H,6-7,10-11H2,1-2H3,(H,32,36)(H,33,37)(H,34,38)/t19-,20-/m1/s1. The summed E-state index contributed by atoms with van der Waals surface area (Å²) in [7, 11) is 0. The van der Waals surface area contributed by atoms with Crippen LogP contribution in [0, 0.1) is 6.92 Å². The number of ether oxygens (including phenoxy) is 1. The van der Waals surface area contributed by atoms with Crippen molar-refractivity contribution in [2.75, 3.05) is 10.2 Å². The summed E-state index contributed by atoms with van der Waals surface area (Å²) in [6.07, 6.45) is 5.19. The molecule has 204 valence electrons. The van der Waals surface area contributed by atoms with Crippen molar-refractivity contribution in [1.29, 1.82) is 0 Å². The molecule has 1 aromatic carbocycles. The number of anilines is 3. The molecule has 0 bridgehead atoms. The van der Waals surface area contributed by atoms with Gasteiger partial charge in [0.25, 0.3) is 5.91 Å².